The van der Waals surface area contributed by atoms with Crippen molar-refractivity contribution in [2.75, 3.05) is 0 Å². The van der Waals surface area contributed by atoms with Crippen LogP contribution in [0.2, 0.25) is 0 Å². The van der Waals surface area contributed by atoms with E-state index in [1.54, 1.807) is 0 Å². The van der Waals surface area contributed by atoms with Gasteiger partial charge in [0, 0.05) is 0 Å². The number of rotatable bonds is 4. The molecule has 0 unspecified atom stereocenters. The molecule has 1 amide bonds. The highest BCUT2D eigenvalue weighted by Gasteiger charge is 2.25. The summed E-state index contributed by atoms with van der Waals surface area (Å²) in [5.41, 5.74) is 0.314. The van der Waals surface area contributed by atoms with Gasteiger partial charge in [-0.15, -0.1) is 0 Å². The summed E-state index contributed by atoms with van der Waals surface area (Å²) in [6, 6.07) is 11.9. The maximum Gasteiger partial charge on any atom is 0.433 e. The molecular weight excluding hydrogens is 260 g/mol. The van der Waals surface area contributed by atoms with Gasteiger partial charge in [0.15, 0.2) is 5.76 Å². The van der Waals surface area contributed by atoms with Crippen molar-refractivity contribution in [3.63, 3.8) is 0 Å². The van der Waals surface area contributed by atoms with E-state index in [2.05, 4.69) is 5.32 Å². The van der Waals surface area contributed by atoms with Crippen molar-refractivity contribution in [3.8, 4) is 0 Å². The summed E-state index contributed by atoms with van der Waals surface area (Å²) in [6.45, 7) is 3.69. The fourth-order valence-corrected chi connectivity index (χ4v) is 1.82. The monoisotopic (exact) mass is 274 g/mol. The zero-order valence-electron chi connectivity index (χ0n) is 11.1. The lowest BCUT2D eigenvalue weighted by Crippen LogP contribution is -2.40. The molecule has 6 nitrogen and oxygen atoms in total. The topological polar surface area (TPSA) is 85.4 Å². The molecule has 1 aromatic heterocycles. The summed E-state index contributed by atoms with van der Waals surface area (Å²) in [6.07, 6.45) is 0. The van der Waals surface area contributed by atoms with Crippen molar-refractivity contribution in [2.24, 2.45) is 0 Å². The summed E-state index contributed by atoms with van der Waals surface area (Å²) in [5, 5.41) is 13.3. The summed E-state index contributed by atoms with van der Waals surface area (Å²) >= 11 is 0. The van der Waals surface area contributed by atoms with Crippen molar-refractivity contribution in [3.05, 3.63) is 63.9 Å². The number of carbonyl (C=O) groups is 1. The van der Waals surface area contributed by atoms with E-state index in [1.165, 1.54) is 6.07 Å². The van der Waals surface area contributed by atoms with Gasteiger partial charge in [0.1, 0.15) is 4.92 Å². The summed E-state index contributed by atoms with van der Waals surface area (Å²) in [5.74, 6) is -1.03. The summed E-state index contributed by atoms with van der Waals surface area (Å²) in [4.78, 5) is 21.9. The Labute approximate surface area is 115 Å². The van der Waals surface area contributed by atoms with Crippen LogP contribution >= 0.6 is 0 Å². The third-order valence-electron chi connectivity index (χ3n) is 2.92. The molecule has 1 aromatic carbocycles. The Balaban J connectivity index is 2.16. The molecule has 0 aliphatic heterocycles. The predicted octanol–water partition coefficient (Wildman–Crippen LogP) is 2.85. The van der Waals surface area contributed by atoms with Gasteiger partial charge in [-0.3, -0.25) is 14.9 Å². The smallest absolute Gasteiger partial charge is 0.395 e. The summed E-state index contributed by atoms with van der Waals surface area (Å²) < 4.78 is 4.88. The molecule has 1 N–H and O–H groups in total. The highest BCUT2D eigenvalue weighted by Crippen LogP contribution is 2.21. The maximum absolute atomic E-state index is 12.0. The van der Waals surface area contributed by atoms with Crippen LogP contribution in [0, 0.1) is 10.1 Å². The third-order valence-corrected chi connectivity index (χ3v) is 2.92. The number of benzene rings is 1. The molecule has 104 valence electrons. The second-order valence-electron chi connectivity index (χ2n) is 4.84. The Morgan fingerprint density at radius 3 is 2.40 bits per heavy atom. The Morgan fingerprint density at radius 2 is 1.85 bits per heavy atom. The van der Waals surface area contributed by atoms with Gasteiger partial charge in [-0.1, -0.05) is 30.3 Å². The molecule has 2 rings (SSSR count). The fraction of sp³-hybridized carbons (Fsp3) is 0.214. The molecular formula is C14H14N2O4. The van der Waals surface area contributed by atoms with E-state index in [1.807, 2.05) is 44.2 Å². The van der Waals surface area contributed by atoms with E-state index in [4.69, 9.17) is 4.42 Å². The Kier molecular flexibility index (Phi) is 3.56. The van der Waals surface area contributed by atoms with Crippen LogP contribution in [0.25, 0.3) is 0 Å². The average molecular weight is 274 g/mol. The number of amides is 1. The molecule has 0 spiro atoms. The minimum atomic E-state index is -0.681. The number of nitro groups is 1. The Morgan fingerprint density at radius 1 is 1.20 bits per heavy atom. The lowest BCUT2D eigenvalue weighted by Gasteiger charge is -2.26. The minimum Gasteiger partial charge on any atom is -0.395 e. The van der Waals surface area contributed by atoms with Crippen molar-refractivity contribution in [1.29, 1.82) is 0 Å². The number of nitrogens with one attached hydrogen (secondary N) is 1. The second kappa shape index (κ2) is 5.16. The molecule has 0 saturated heterocycles. The zero-order chi connectivity index (χ0) is 14.8. The third kappa shape index (κ3) is 2.85. The number of nitrogens with zero attached hydrogens (tertiary/aromatic N) is 1. The maximum atomic E-state index is 12.0. The lowest BCUT2D eigenvalue weighted by atomic mass is 9.94. The van der Waals surface area contributed by atoms with Crippen LogP contribution < -0.4 is 5.32 Å². The average Bonchev–Trinajstić information content (AvgIpc) is 2.89. The predicted molar refractivity (Wildman–Crippen MR) is 72.3 cm³/mol. The van der Waals surface area contributed by atoms with Crippen molar-refractivity contribution >= 4 is 11.8 Å². The van der Waals surface area contributed by atoms with E-state index in [9.17, 15) is 14.9 Å². The highest BCUT2D eigenvalue weighted by atomic mass is 16.6. The van der Waals surface area contributed by atoms with Gasteiger partial charge in [0.2, 0.25) is 0 Å². The first-order chi connectivity index (χ1) is 9.40. The highest BCUT2D eigenvalue weighted by molar-refractivity contribution is 5.92. The molecule has 0 radical (unpaired) electrons. The van der Waals surface area contributed by atoms with E-state index in [-0.39, 0.29) is 5.76 Å². The molecule has 0 saturated carbocycles. The fourth-order valence-electron chi connectivity index (χ4n) is 1.82. The van der Waals surface area contributed by atoms with Crippen LogP contribution in [-0.2, 0) is 5.54 Å². The normalized spacial score (nSPS) is 11.1. The first-order valence-corrected chi connectivity index (χ1v) is 6.02. The number of furan rings is 1. The van der Waals surface area contributed by atoms with Crippen LogP contribution in [-0.4, -0.2) is 10.8 Å². The van der Waals surface area contributed by atoms with Crippen LogP contribution in [0.3, 0.4) is 0 Å². The largest absolute Gasteiger partial charge is 0.433 e. The number of hydrogen-bond donors (Lipinski definition) is 1. The molecule has 1 heterocycles. The number of hydrogen-bond acceptors (Lipinski definition) is 4. The second-order valence-corrected chi connectivity index (χ2v) is 4.84. The van der Waals surface area contributed by atoms with E-state index < -0.39 is 22.3 Å². The molecule has 20 heavy (non-hydrogen) atoms. The van der Waals surface area contributed by atoms with Gasteiger partial charge in [-0.05, 0) is 25.5 Å². The Bertz CT molecular complexity index is 632. The number of carbonyl (C=O) groups excluding carboxylic acids is 1. The molecule has 0 aliphatic carbocycles. The minimum absolute atomic E-state index is 0.0827. The first kappa shape index (κ1) is 13.8. The van der Waals surface area contributed by atoms with Crippen molar-refractivity contribution in [2.45, 2.75) is 19.4 Å². The quantitative estimate of drug-likeness (QED) is 0.686. The standard InChI is InChI=1S/C14H14N2O4/c1-14(2,10-6-4-3-5-7-10)15-13(17)11-8-9-12(20-11)16(18)19/h3-9H,1-2H3,(H,15,17). The lowest BCUT2D eigenvalue weighted by molar-refractivity contribution is -0.402. The van der Waals surface area contributed by atoms with Gasteiger partial charge in [0.05, 0.1) is 11.6 Å². The van der Waals surface area contributed by atoms with Gasteiger partial charge in [0.25, 0.3) is 5.91 Å². The summed E-state index contributed by atoms with van der Waals surface area (Å²) in [7, 11) is 0. The molecule has 6 heteroatoms. The van der Waals surface area contributed by atoms with Crippen LogP contribution in [0.4, 0.5) is 5.88 Å². The van der Waals surface area contributed by atoms with Crippen molar-refractivity contribution in [1.82, 2.24) is 5.32 Å². The van der Waals surface area contributed by atoms with E-state index >= 15 is 0 Å². The molecule has 0 bridgehead atoms. The molecule has 0 fully saturated rings. The van der Waals surface area contributed by atoms with Crippen LogP contribution in [0.1, 0.15) is 30.0 Å². The van der Waals surface area contributed by atoms with Gasteiger partial charge in [-0.25, -0.2) is 0 Å². The van der Waals surface area contributed by atoms with Gasteiger partial charge < -0.3 is 9.73 Å². The zero-order valence-corrected chi connectivity index (χ0v) is 11.1. The van der Waals surface area contributed by atoms with E-state index in [0.29, 0.717) is 0 Å². The molecule has 0 aliphatic rings. The molecule has 2 aromatic rings. The first-order valence-electron chi connectivity index (χ1n) is 6.02. The molecule has 0 atom stereocenters. The Hall–Kier alpha value is -2.63. The SMILES string of the molecule is CC(C)(NC(=O)c1ccc([N+](=O)[O-])o1)c1ccccc1. The van der Waals surface area contributed by atoms with Crippen LogP contribution in [0.5, 0.6) is 0 Å². The van der Waals surface area contributed by atoms with Gasteiger partial charge in [-0.2, -0.15) is 0 Å². The van der Waals surface area contributed by atoms with Crippen LogP contribution in [0.15, 0.2) is 46.9 Å². The van der Waals surface area contributed by atoms with Gasteiger partial charge >= 0.3 is 5.88 Å². The van der Waals surface area contributed by atoms with Crippen molar-refractivity contribution < 1.29 is 14.1 Å². The van der Waals surface area contributed by atoms with E-state index in [0.717, 1.165) is 11.6 Å².